The highest BCUT2D eigenvalue weighted by molar-refractivity contribution is 7.99. The van der Waals surface area contributed by atoms with Crippen molar-refractivity contribution >= 4 is 40.5 Å². The Morgan fingerprint density at radius 1 is 0.808 bits per heavy atom. The van der Waals surface area contributed by atoms with E-state index < -0.39 is 0 Å². The molecular formula is C23H31AlNS. The zero-order valence-electron chi connectivity index (χ0n) is 16.8. The summed E-state index contributed by atoms with van der Waals surface area (Å²) in [5, 5.41) is 0. The molecular weight excluding hydrogens is 349 g/mol. The van der Waals surface area contributed by atoms with Crippen LogP contribution >= 0.6 is 11.8 Å². The van der Waals surface area contributed by atoms with E-state index in [1.54, 1.807) is 0 Å². The van der Waals surface area contributed by atoms with Crippen molar-refractivity contribution in [1.29, 1.82) is 0 Å². The SMILES string of the molecule is CCC(CC(C)C)(CC(C)C)N1c2ccccc2Sc2ccccc21.[Al]. The van der Waals surface area contributed by atoms with Crippen LogP contribution in [0.3, 0.4) is 0 Å². The van der Waals surface area contributed by atoms with Gasteiger partial charge in [-0.2, -0.15) is 0 Å². The molecule has 0 amide bonds. The molecule has 0 unspecified atom stereocenters. The van der Waals surface area contributed by atoms with Crippen molar-refractivity contribution in [2.24, 2.45) is 11.8 Å². The maximum atomic E-state index is 2.69. The number of fused-ring (bicyclic) bond motifs is 2. The van der Waals surface area contributed by atoms with Crippen LogP contribution in [0.1, 0.15) is 53.9 Å². The summed E-state index contributed by atoms with van der Waals surface area (Å²) in [6, 6.07) is 17.9. The van der Waals surface area contributed by atoms with Gasteiger partial charge in [-0.3, -0.25) is 0 Å². The molecule has 0 aliphatic carbocycles. The van der Waals surface area contributed by atoms with Crippen LogP contribution in [0, 0.1) is 11.8 Å². The van der Waals surface area contributed by atoms with Gasteiger partial charge >= 0.3 is 0 Å². The molecule has 2 aromatic carbocycles. The van der Waals surface area contributed by atoms with Crippen molar-refractivity contribution in [2.75, 3.05) is 4.90 Å². The van der Waals surface area contributed by atoms with Crippen LogP contribution in [0.4, 0.5) is 11.4 Å². The van der Waals surface area contributed by atoms with Crippen molar-refractivity contribution in [2.45, 2.75) is 69.2 Å². The first kappa shape index (κ1) is 21.4. The van der Waals surface area contributed by atoms with Crippen LogP contribution < -0.4 is 4.90 Å². The van der Waals surface area contributed by atoms with Crippen LogP contribution in [0.25, 0.3) is 0 Å². The lowest BCUT2D eigenvalue weighted by atomic mass is 9.77. The Hall–Kier alpha value is -0.878. The molecule has 0 saturated carbocycles. The van der Waals surface area contributed by atoms with Gasteiger partial charge in [-0.25, -0.2) is 0 Å². The zero-order chi connectivity index (χ0) is 18.0. The van der Waals surface area contributed by atoms with Gasteiger partial charge in [0.05, 0.1) is 11.4 Å². The molecule has 3 rings (SSSR count). The van der Waals surface area contributed by atoms with Crippen LogP contribution in [0.2, 0.25) is 0 Å². The molecule has 0 atom stereocenters. The molecule has 26 heavy (non-hydrogen) atoms. The minimum absolute atomic E-state index is 0. The van der Waals surface area contributed by atoms with Crippen LogP contribution in [-0.4, -0.2) is 22.9 Å². The summed E-state index contributed by atoms with van der Waals surface area (Å²) in [7, 11) is 0. The number of para-hydroxylation sites is 2. The monoisotopic (exact) mass is 380 g/mol. The molecule has 1 aliphatic heterocycles. The Balaban J connectivity index is 0.00000243. The molecule has 1 heterocycles. The maximum Gasteiger partial charge on any atom is 0.0558 e. The van der Waals surface area contributed by atoms with Gasteiger partial charge in [0.1, 0.15) is 0 Å². The minimum Gasteiger partial charge on any atom is -0.333 e. The van der Waals surface area contributed by atoms with Crippen molar-refractivity contribution in [3.8, 4) is 0 Å². The first-order valence-electron chi connectivity index (χ1n) is 9.63. The van der Waals surface area contributed by atoms with Crippen molar-refractivity contribution in [3.05, 3.63) is 48.5 Å². The molecule has 2 aromatic rings. The Labute approximate surface area is 174 Å². The van der Waals surface area contributed by atoms with Gasteiger partial charge in [0.15, 0.2) is 0 Å². The normalized spacial score (nSPS) is 13.4. The maximum absolute atomic E-state index is 2.69. The second-order valence-electron chi connectivity index (χ2n) is 8.15. The van der Waals surface area contributed by atoms with Gasteiger partial charge in [-0.15, -0.1) is 0 Å². The highest BCUT2D eigenvalue weighted by atomic mass is 32.2. The number of rotatable bonds is 6. The summed E-state index contributed by atoms with van der Waals surface area (Å²) >= 11 is 1.91. The van der Waals surface area contributed by atoms with E-state index in [0.29, 0.717) is 11.8 Å². The highest BCUT2D eigenvalue weighted by Gasteiger charge is 2.40. The van der Waals surface area contributed by atoms with E-state index in [1.807, 2.05) is 11.8 Å². The molecule has 0 bridgehead atoms. The van der Waals surface area contributed by atoms with Crippen molar-refractivity contribution in [3.63, 3.8) is 0 Å². The van der Waals surface area contributed by atoms with Gasteiger partial charge < -0.3 is 4.90 Å². The Kier molecular flexibility index (Phi) is 7.31. The lowest BCUT2D eigenvalue weighted by molar-refractivity contribution is 0.271. The molecule has 1 aliphatic rings. The third-order valence-corrected chi connectivity index (χ3v) is 6.27. The van der Waals surface area contributed by atoms with Crippen LogP contribution in [0.15, 0.2) is 58.3 Å². The minimum atomic E-state index is 0. The quantitative estimate of drug-likeness (QED) is 0.490. The van der Waals surface area contributed by atoms with E-state index in [4.69, 9.17) is 0 Å². The first-order chi connectivity index (χ1) is 12.0. The predicted molar refractivity (Wildman–Crippen MR) is 117 cm³/mol. The Morgan fingerprint density at radius 3 is 1.62 bits per heavy atom. The average Bonchev–Trinajstić information content (AvgIpc) is 2.58. The molecule has 0 saturated heterocycles. The van der Waals surface area contributed by atoms with E-state index in [2.05, 4.69) is 88.0 Å². The van der Waals surface area contributed by atoms with Crippen molar-refractivity contribution in [1.82, 2.24) is 0 Å². The van der Waals surface area contributed by atoms with Gasteiger partial charge in [0.2, 0.25) is 0 Å². The summed E-state index contributed by atoms with van der Waals surface area (Å²) in [6.07, 6.45) is 3.60. The van der Waals surface area contributed by atoms with E-state index >= 15 is 0 Å². The van der Waals surface area contributed by atoms with Gasteiger partial charge in [0.25, 0.3) is 0 Å². The van der Waals surface area contributed by atoms with Gasteiger partial charge in [-0.05, 0) is 55.4 Å². The Bertz CT molecular complexity index is 670. The molecule has 0 N–H and O–H groups in total. The third kappa shape index (κ3) is 4.17. The summed E-state index contributed by atoms with van der Waals surface area (Å²) in [6.45, 7) is 11.8. The van der Waals surface area contributed by atoms with Gasteiger partial charge in [0, 0.05) is 32.7 Å². The Morgan fingerprint density at radius 2 is 1.23 bits per heavy atom. The fourth-order valence-corrected chi connectivity index (χ4v) is 5.51. The number of nitrogens with zero attached hydrogens (tertiary/aromatic N) is 1. The third-order valence-electron chi connectivity index (χ3n) is 5.14. The highest BCUT2D eigenvalue weighted by Crippen LogP contribution is 2.53. The number of hydrogen-bond donors (Lipinski definition) is 0. The summed E-state index contributed by atoms with van der Waals surface area (Å²) < 4.78 is 0. The molecule has 0 fully saturated rings. The fourth-order valence-electron chi connectivity index (χ4n) is 4.45. The van der Waals surface area contributed by atoms with E-state index in [1.165, 1.54) is 34.0 Å². The van der Waals surface area contributed by atoms with E-state index in [0.717, 1.165) is 6.42 Å². The molecule has 1 nitrogen and oxygen atoms in total. The first-order valence-corrected chi connectivity index (χ1v) is 10.4. The molecule has 3 radical (unpaired) electrons. The summed E-state index contributed by atoms with van der Waals surface area (Å²) in [5.41, 5.74) is 2.93. The standard InChI is InChI=1S/C23H31NS.Al/c1-6-23(15-17(2)3,16-18(4)5)24-19-11-7-9-13-21(19)25-22-14-10-8-12-20(22)24;/h7-14,17-18H,6,15-16H2,1-5H3;. The topological polar surface area (TPSA) is 3.24 Å². The number of anilines is 2. The summed E-state index contributed by atoms with van der Waals surface area (Å²) in [5.74, 6) is 1.35. The zero-order valence-corrected chi connectivity index (χ0v) is 18.8. The van der Waals surface area contributed by atoms with Crippen LogP contribution in [0.5, 0.6) is 0 Å². The largest absolute Gasteiger partial charge is 0.333 e. The second kappa shape index (κ2) is 8.87. The average molecular weight is 381 g/mol. The summed E-state index contributed by atoms with van der Waals surface area (Å²) in [4.78, 5) is 5.45. The lowest BCUT2D eigenvalue weighted by Crippen LogP contribution is -2.48. The second-order valence-corrected chi connectivity index (χ2v) is 9.23. The smallest absolute Gasteiger partial charge is 0.0558 e. The molecule has 0 spiro atoms. The van der Waals surface area contributed by atoms with E-state index in [9.17, 15) is 0 Å². The van der Waals surface area contributed by atoms with E-state index in [-0.39, 0.29) is 22.9 Å². The fraction of sp³-hybridized carbons (Fsp3) is 0.478. The number of benzene rings is 2. The predicted octanol–water partition coefficient (Wildman–Crippen LogP) is 7.15. The number of hydrogen-bond acceptors (Lipinski definition) is 2. The van der Waals surface area contributed by atoms with Gasteiger partial charge in [-0.1, -0.05) is 70.6 Å². The molecule has 137 valence electrons. The van der Waals surface area contributed by atoms with Crippen molar-refractivity contribution < 1.29 is 0 Å². The molecule has 0 aromatic heterocycles. The molecule has 3 heteroatoms. The van der Waals surface area contributed by atoms with Crippen LogP contribution in [-0.2, 0) is 0 Å². The lowest BCUT2D eigenvalue weighted by Gasteiger charge is -2.50.